The summed E-state index contributed by atoms with van der Waals surface area (Å²) >= 11 is 1.67. The van der Waals surface area contributed by atoms with Crippen LogP contribution in [0.3, 0.4) is 0 Å². The van der Waals surface area contributed by atoms with Crippen LogP contribution in [0, 0.1) is 11.2 Å². The third kappa shape index (κ3) is 4.95. The predicted octanol–water partition coefficient (Wildman–Crippen LogP) is 5.42. The second-order valence-corrected chi connectivity index (χ2v) is 9.70. The summed E-state index contributed by atoms with van der Waals surface area (Å²) in [5.74, 6) is 0.750. The molecule has 0 atom stereocenters. The first kappa shape index (κ1) is 21.7. The molecule has 4 aromatic rings. The SMILES string of the molecule is CC1(C)COC(c2nc(-c3ccc(F)cc3)c(-c3ccnc(NCc4cccs4)n3)[nH]2)OC1. The van der Waals surface area contributed by atoms with E-state index in [-0.39, 0.29) is 11.2 Å². The lowest BCUT2D eigenvalue weighted by molar-refractivity contribution is -0.229. The Morgan fingerprint density at radius 1 is 1.12 bits per heavy atom. The molecule has 3 aromatic heterocycles. The zero-order chi connectivity index (χ0) is 22.8. The highest BCUT2D eigenvalue weighted by atomic mass is 32.1. The van der Waals surface area contributed by atoms with E-state index in [0.717, 1.165) is 5.56 Å². The average molecular weight is 466 g/mol. The number of ether oxygens (including phenoxy) is 2. The molecule has 4 heterocycles. The van der Waals surface area contributed by atoms with Gasteiger partial charge in [-0.05, 0) is 41.8 Å². The van der Waals surface area contributed by atoms with Gasteiger partial charge in [0.25, 0.3) is 0 Å². The van der Waals surface area contributed by atoms with Gasteiger partial charge in [0.1, 0.15) is 5.82 Å². The van der Waals surface area contributed by atoms with Crippen molar-refractivity contribution in [1.29, 1.82) is 0 Å². The standard InChI is InChI=1S/C24H24FN5O2S/c1-24(2)13-31-22(32-14-24)21-29-19(15-5-7-16(25)8-6-15)20(30-21)18-9-10-26-23(28-18)27-12-17-4-3-11-33-17/h3-11,22H,12-14H2,1-2H3,(H,29,30)(H,26,27,28). The fourth-order valence-electron chi connectivity index (χ4n) is 3.52. The zero-order valence-corrected chi connectivity index (χ0v) is 19.2. The molecule has 0 radical (unpaired) electrons. The second kappa shape index (κ2) is 9.01. The maximum atomic E-state index is 13.6. The summed E-state index contributed by atoms with van der Waals surface area (Å²) in [5, 5.41) is 5.29. The van der Waals surface area contributed by atoms with Crippen LogP contribution in [0.15, 0.2) is 54.0 Å². The van der Waals surface area contributed by atoms with Gasteiger partial charge in [-0.25, -0.2) is 19.3 Å². The average Bonchev–Trinajstić information content (AvgIpc) is 3.49. The lowest BCUT2D eigenvalue weighted by atomic mass is 9.96. The van der Waals surface area contributed by atoms with E-state index in [0.29, 0.717) is 48.6 Å². The lowest BCUT2D eigenvalue weighted by Gasteiger charge is -2.33. The first-order chi connectivity index (χ1) is 16.0. The largest absolute Gasteiger partial charge is 0.349 e. The van der Waals surface area contributed by atoms with E-state index in [1.165, 1.54) is 17.0 Å². The Morgan fingerprint density at radius 3 is 2.64 bits per heavy atom. The Hall–Kier alpha value is -3.14. The third-order valence-electron chi connectivity index (χ3n) is 5.23. The van der Waals surface area contributed by atoms with Crippen molar-refractivity contribution in [2.75, 3.05) is 18.5 Å². The maximum Gasteiger partial charge on any atom is 0.223 e. The van der Waals surface area contributed by atoms with Gasteiger partial charge in [-0.2, -0.15) is 0 Å². The number of anilines is 1. The van der Waals surface area contributed by atoms with E-state index < -0.39 is 6.29 Å². The molecule has 9 heteroatoms. The molecule has 1 fully saturated rings. The van der Waals surface area contributed by atoms with Crippen LogP contribution < -0.4 is 5.32 Å². The molecule has 170 valence electrons. The van der Waals surface area contributed by atoms with Crippen LogP contribution in [0.4, 0.5) is 10.3 Å². The minimum atomic E-state index is -0.607. The highest BCUT2D eigenvalue weighted by Crippen LogP contribution is 2.35. The number of benzene rings is 1. The minimum Gasteiger partial charge on any atom is -0.349 e. The summed E-state index contributed by atoms with van der Waals surface area (Å²) in [6.45, 7) is 5.94. The van der Waals surface area contributed by atoms with Gasteiger partial charge in [0, 0.05) is 22.1 Å². The molecule has 1 aliphatic rings. The van der Waals surface area contributed by atoms with E-state index in [1.54, 1.807) is 29.7 Å². The summed E-state index contributed by atoms with van der Waals surface area (Å²) in [6, 6.07) is 12.1. The first-order valence-corrected chi connectivity index (χ1v) is 11.5. The highest BCUT2D eigenvalue weighted by Gasteiger charge is 2.32. The molecule has 0 aliphatic carbocycles. The molecular formula is C24H24FN5O2S. The van der Waals surface area contributed by atoms with Gasteiger partial charge in [0.05, 0.1) is 36.8 Å². The summed E-state index contributed by atoms with van der Waals surface area (Å²) in [4.78, 5) is 18.3. The van der Waals surface area contributed by atoms with Crippen molar-refractivity contribution in [1.82, 2.24) is 19.9 Å². The van der Waals surface area contributed by atoms with Crippen molar-refractivity contribution in [2.45, 2.75) is 26.7 Å². The summed E-state index contributed by atoms with van der Waals surface area (Å²) < 4.78 is 25.4. The van der Waals surface area contributed by atoms with Crippen LogP contribution in [-0.2, 0) is 16.0 Å². The first-order valence-electron chi connectivity index (χ1n) is 10.7. The fourth-order valence-corrected chi connectivity index (χ4v) is 4.16. The summed E-state index contributed by atoms with van der Waals surface area (Å²) in [5.41, 5.74) is 2.70. The number of thiophene rings is 1. The fraction of sp³-hybridized carbons (Fsp3) is 0.292. The number of H-pyrrole nitrogens is 1. The molecule has 33 heavy (non-hydrogen) atoms. The number of aromatic nitrogens is 4. The number of aromatic amines is 1. The van der Waals surface area contributed by atoms with Crippen molar-refractivity contribution in [3.63, 3.8) is 0 Å². The van der Waals surface area contributed by atoms with Crippen LogP contribution in [0.2, 0.25) is 0 Å². The van der Waals surface area contributed by atoms with Crippen LogP contribution in [0.1, 0.15) is 30.8 Å². The molecule has 0 unspecified atom stereocenters. The summed E-state index contributed by atoms with van der Waals surface area (Å²) in [7, 11) is 0. The van der Waals surface area contributed by atoms with E-state index in [9.17, 15) is 4.39 Å². The molecule has 7 nitrogen and oxygen atoms in total. The smallest absolute Gasteiger partial charge is 0.223 e. The molecule has 0 amide bonds. The van der Waals surface area contributed by atoms with E-state index in [4.69, 9.17) is 14.5 Å². The van der Waals surface area contributed by atoms with Crippen LogP contribution in [0.25, 0.3) is 22.6 Å². The van der Waals surface area contributed by atoms with Gasteiger partial charge in [-0.15, -0.1) is 11.3 Å². The Kier molecular flexibility index (Phi) is 5.92. The minimum absolute atomic E-state index is 0.0541. The number of nitrogens with one attached hydrogen (secondary N) is 2. The van der Waals surface area contributed by atoms with Crippen molar-refractivity contribution >= 4 is 17.3 Å². The summed E-state index contributed by atoms with van der Waals surface area (Å²) in [6.07, 6.45) is 1.09. The van der Waals surface area contributed by atoms with Crippen molar-refractivity contribution in [2.24, 2.45) is 5.41 Å². The van der Waals surface area contributed by atoms with E-state index >= 15 is 0 Å². The monoisotopic (exact) mass is 465 g/mol. The molecule has 0 spiro atoms. The highest BCUT2D eigenvalue weighted by molar-refractivity contribution is 7.09. The molecule has 1 aromatic carbocycles. The number of halogens is 1. The van der Waals surface area contributed by atoms with Gasteiger partial charge < -0.3 is 19.8 Å². The molecular weight excluding hydrogens is 441 g/mol. The van der Waals surface area contributed by atoms with Crippen LogP contribution >= 0.6 is 11.3 Å². The van der Waals surface area contributed by atoms with Gasteiger partial charge in [0.2, 0.25) is 12.2 Å². The molecule has 0 bridgehead atoms. The Bertz CT molecular complexity index is 1210. The van der Waals surface area contributed by atoms with Crippen molar-refractivity contribution < 1.29 is 13.9 Å². The number of hydrogen-bond donors (Lipinski definition) is 2. The quantitative estimate of drug-likeness (QED) is 0.396. The molecule has 0 saturated carbocycles. The van der Waals surface area contributed by atoms with Crippen molar-refractivity contribution in [3.05, 3.63) is 70.6 Å². The van der Waals surface area contributed by atoms with Gasteiger partial charge in [0.15, 0.2) is 5.82 Å². The Labute approximate surface area is 195 Å². The van der Waals surface area contributed by atoms with Crippen molar-refractivity contribution in [3.8, 4) is 22.6 Å². The maximum absolute atomic E-state index is 13.6. The third-order valence-corrected chi connectivity index (χ3v) is 6.10. The van der Waals surface area contributed by atoms with Gasteiger partial charge in [-0.1, -0.05) is 19.9 Å². The van der Waals surface area contributed by atoms with Crippen LogP contribution in [-0.4, -0.2) is 33.1 Å². The zero-order valence-electron chi connectivity index (χ0n) is 18.3. The number of imidazole rings is 1. The number of rotatable bonds is 6. The Balaban J connectivity index is 1.48. The molecule has 1 aliphatic heterocycles. The predicted molar refractivity (Wildman–Crippen MR) is 125 cm³/mol. The lowest BCUT2D eigenvalue weighted by Crippen LogP contribution is -2.34. The number of nitrogens with zero attached hydrogens (tertiary/aromatic N) is 3. The number of hydrogen-bond acceptors (Lipinski definition) is 7. The normalized spacial score (nSPS) is 16.1. The van der Waals surface area contributed by atoms with Crippen LogP contribution in [0.5, 0.6) is 0 Å². The van der Waals surface area contributed by atoms with E-state index in [1.807, 2.05) is 17.5 Å². The Morgan fingerprint density at radius 2 is 1.91 bits per heavy atom. The van der Waals surface area contributed by atoms with E-state index in [2.05, 4.69) is 40.2 Å². The topological polar surface area (TPSA) is 85.0 Å². The molecule has 2 N–H and O–H groups in total. The molecule has 1 saturated heterocycles. The van der Waals surface area contributed by atoms with Gasteiger partial charge >= 0.3 is 0 Å². The van der Waals surface area contributed by atoms with Gasteiger partial charge in [-0.3, -0.25) is 0 Å². The molecule has 5 rings (SSSR count). The second-order valence-electron chi connectivity index (χ2n) is 8.67.